The molecule has 0 aromatic rings. The zero-order chi connectivity index (χ0) is 35.4. The number of hydrogen-bond donors (Lipinski definition) is 3. The van der Waals surface area contributed by atoms with Gasteiger partial charge < -0.3 is 24.8 Å². The lowest BCUT2D eigenvalue weighted by molar-refractivity contribution is -0.152. The largest absolute Gasteiger partial charge is 0.463 e. The molecule has 0 amide bonds. The fourth-order valence-corrected chi connectivity index (χ4v) is 6.52. The van der Waals surface area contributed by atoms with Gasteiger partial charge in [0.25, 0.3) is 0 Å². The maximum atomic E-state index is 12.5. The van der Waals surface area contributed by atoms with E-state index in [0.717, 1.165) is 63.7 Å². The molecule has 8 nitrogen and oxygen atoms in total. The molecule has 0 saturated heterocycles. The molecule has 0 aromatic heterocycles. The van der Waals surface area contributed by atoms with E-state index in [4.69, 9.17) is 9.47 Å². The van der Waals surface area contributed by atoms with Crippen molar-refractivity contribution in [2.24, 2.45) is 17.8 Å². The molecule has 5 atom stereocenters. The molecule has 0 unspecified atom stereocenters. The number of aliphatic hydroxyl groups is 3. The zero-order valence-electron chi connectivity index (χ0n) is 30.9. The van der Waals surface area contributed by atoms with Crippen LogP contribution >= 0.6 is 0 Å². The third kappa shape index (κ3) is 23.6. The van der Waals surface area contributed by atoms with Crippen LogP contribution in [0.15, 0.2) is 12.2 Å². The highest BCUT2D eigenvalue weighted by atomic mass is 16.6. The average Bonchev–Trinajstić information content (AvgIpc) is 3.32. The number of carbonyl (C=O) groups is 3. The Labute approximate surface area is 292 Å². The number of carbonyl (C=O) groups excluding carboxylic acids is 3. The molecule has 1 aliphatic rings. The van der Waals surface area contributed by atoms with E-state index in [1.54, 1.807) is 6.08 Å². The molecule has 1 saturated carbocycles. The fraction of sp³-hybridized carbons (Fsp3) is 0.875. The van der Waals surface area contributed by atoms with Crippen LogP contribution in [0, 0.1) is 17.8 Å². The van der Waals surface area contributed by atoms with Gasteiger partial charge in [0, 0.05) is 31.1 Å². The molecule has 0 aromatic carbocycles. The third-order valence-electron chi connectivity index (χ3n) is 9.57. The predicted octanol–water partition coefficient (Wildman–Crippen LogP) is 8.57. The van der Waals surface area contributed by atoms with Crippen molar-refractivity contribution in [1.82, 2.24) is 0 Å². The summed E-state index contributed by atoms with van der Waals surface area (Å²) in [6.07, 6.45) is 24.5. The highest BCUT2D eigenvalue weighted by molar-refractivity contribution is 5.84. The number of hydrogen-bond acceptors (Lipinski definition) is 8. The Morgan fingerprint density at radius 3 is 1.73 bits per heavy atom. The molecule has 0 aliphatic heterocycles. The number of unbranched alkanes of at least 4 members (excludes halogenated alkanes) is 15. The van der Waals surface area contributed by atoms with Crippen LogP contribution in [0.4, 0.5) is 0 Å². The second kappa shape index (κ2) is 29.0. The van der Waals surface area contributed by atoms with Crippen LogP contribution in [-0.4, -0.2) is 64.6 Å². The van der Waals surface area contributed by atoms with E-state index in [9.17, 15) is 29.7 Å². The van der Waals surface area contributed by atoms with E-state index in [1.807, 2.05) is 6.08 Å². The molecule has 3 N–H and O–H groups in total. The van der Waals surface area contributed by atoms with Gasteiger partial charge in [0.05, 0.1) is 12.2 Å². The van der Waals surface area contributed by atoms with Gasteiger partial charge in [-0.05, 0) is 31.6 Å². The number of aliphatic hydroxyl groups excluding tert-OH is 3. The van der Waals surface area contributed by atoms with Crippen molar-refractivity contribution >= 4 is 17.7 Å². The van der Waals surface area contributed by atoms with Gasteiger partial charge in [0.1, 0.15) is 25.1 Å². The van der Waals surface area contributed by atoms with Crippen LogP contribution in [0.3, 0.4) is 0 Å². The summed E-state index contributed by atoms with van der Waals surface area (Å²) in [5.41, 5.74) is 0. The van der Waals surface area contributed by atoms with Gasteiger partial charge in [-0.25, -0.2) is 0 Å². The Morgan fingerprint density at radius 1 is 0.729 bits per heavy atom. The Bertz CT molecular complexity index is 856. The van der Waals surface area contributed by atoms with Crippen molar-refractivity contribution in [3.8, 4) is 0 Å². The minimum Gasteiger partial charge on any atom is -0.463 e. The van der Waals surface area contributed by atoms with Gasteiger partial charge in [0.15, 0.2) is 0 Å². The molecule has 0 spiro atoms. The van der Waals surface area contributed by atoms with Gasteiger partial charge in [-0.15, -0.1) is 0 Å². The maximum Gasteiger partial charge on any atom is 0.305 e. The first-order valence-electron chi connectivity index (χ1n) is 19.7. The Morgan fingerprint density at radius 2 is 1.21 bits per heavy atom. The topological polar surface area (TPSA) is 130 Å². The molecule has 8 heteroatoms. The Balaban J connectivity index is 2.02. The van der Waals surface area contributed by atoms with Crippen LogP contribution in [0.5, 0.6) is 0 Å². The van der Waals surface area contributed by atoms with Crippen molar-refractivity contribution < 1.29 is 39.2 Å². The molecular formula is C40H72O8. The van der Waals surface area contributed by atoms with Crippen LogP contribution in [-0.2, 0) is 23.9 Å². The van der Waals surface area contributed by atoms with Gasteiger partial charge in [-0.3, -0.25) is 14.4 Å². The summed E-state index contributed by atoms with van der Waals surface area (Å²) in [7, 11) is 0. The number of rotatable bonds is 31. The van der Waals surface area contributed by atoms with Gasteiger partial charge in [-0.2, -0.15) is 0 Å². The minimum absolute atomic E-state index is 0.0832. The summed E-state index contributed by atoms with van der Waals surface area (Å²) in [6.45, 7) is 6.33. The first-order valence-corrected chi connectivity index (χ1v) is 19.7. The second-order valence-electron chi connectivity index (χ2n) is 14.7. The highest BCUT2D eigenvalue weighted by Crippen LogP contribution is 2.34. The van der Waals surface area contributed by atoms with Crippen molar-refractivity contribution in [3.05, 3.63) is 12.2 Å². The van der Waals surface area contributed by atoms with Gasteiger partial charge in [-0.1, -0.05) is 142 Å². The third-order valence-corrected chi connectivity index (χ3v) is 9.57. The SMILES string of the molecule is CCCCC[C@H](O)/C=C/[C@H]1[C@H](O)CC(=O)[C@@H]1CCCCCCC(=O)OC[C@H](O)COC(=O)CCCCCCCCCCCCCC(C)C. The lowest BCUT2D eigenvalue weighted by atomic mass is 9.88. The lowest BCUT2D eigenvalue weighted by Gasteiger charge is -2.18. The monoisotopic (exact) mass is 681 g/mol. The van der Waals surface area contributed by atoms with Crippen molar-refractivity contribution in [2.75, 3.05) is 13.2 Å². The predicted molar refractivity (Wildman–Crippen MR) is 192 cm³/mol. The van der Waals surface area contributed by atoms with Crippen molar-refractivity contribution in [1.29, 1.82) is 0 Å². The first kappa shape index (κ1) is 44.3. The van der Waals surface area contributed by atoms with E-state index >= 15 is 0 Å². The molecular weight excluding hydrogens is 608 g/mol. The normalized spacial score (nSPS) is 19.3. The molecule has 1 fully saturated rings. The maximum absolute atomic E-state index is 12.5. The number of Topliss-reactive ketones (excluding diaryl/α,β-unsaturated/α-hetero) is 1. The first-order chi connectivity index (χ1) is 23.1. The summed E-state index contributed by atoms with van der Waals surface area (Å²) >= 11 is 0. The summed E-state index contributed by atoms with van der Waals surface area (Å²) < 4.78 is 10.3. The molecule has 0 bridgehead atoms. The summed E-state index contributed by atoms with van der Waals surface area (Å²) in [6, 6.07) is 0. The Kier molecular flexibility index (Phi) is 26.7. The van der Waals surface area contributed by atoms with Gasteiger partial charge >= 0.3 is 11.9 Å². The van der Waals surface area contributed by atoms with Crippen molar-refractivity contribution in [3.63, 3.8) is 0 Å². The van der Waals surface area contributed by atoms with Crippen LogP contribution in [0.1, 0.15) is 175 Å². The highest BCUT2D eigenvalue weighted by Gasteiger charge is 2.39. The summed E-state index contributed by atoms with van der Waals surface area (Å²) in [5.74, 6) is -0.283. The quantitative estimate of drug-likeness (QED) is 0.0377. The minimum atomic E-state index is -1.04. The smallest absolute Gasteiger partial charge is 0.305 e. The molecule has 0 radical (unpaired) electrons. The van der Waals surface area contributed by atoms with Gasteiger partial charge in [0.2, 0.25) is 0 Å². The second-order valence-corrected chi connectivity index (χ2v) is 14.7. The van der Waals surface area contributed by atoms with Crippen LogP contribution in [0.25, 0.3) is 0 Å². The molecule has 280 valence electrons. The van der Waals surface area contributed by atoms with Crippen molar-refractivity contribution in [2.45, 2.75) is 193 Å². The summed E-state index contributed by atoms with van der Waals surface area (Å²) in [4.78, 5) is 36.5. The zero-order valence-corrected chi connectivity index (χ0v) is 30.9. The Hall–Kier alpha value is -1.77. The number of esters is 2. The molecule has 1 aliphatic carbocycles. The van der Waals surface area contributed by atoms with Crippen LogP contribution in [0.2, 0.25) is 0 Å². The van der Waals surface area contributed by atoms with E-state index in [0.29, 0.717) is 25.7 Å². The molecule has 48 heavy (non-hydrogen) atoms. The molecule has 1 rings (SSSR count). The average molecular weight is 681 g/mol. The van der Waals surface area contributed by atoms with E-state index in [-0.39, 0.29) is 55.6 Å². The standard InChI is InChI=1S/C40H72O8/c1-4-5-17-23-33(41)27-28-36-35(37(43)29-38(36)44)24-19-15-16-21-26-40(46)48-31-34(42)30-47-39(45)25-20-14-12-10-8-6-7-9-11-13-18-22-32(2)3/h27-28,32-36,38,41-42,44H,4-26,29-31H2,1-3H3/b28-27+/t33-,34+,35+,36+,38+/m0/s1. The van der Waals surface area contributed by atoms with E-state index < -0.39 is 18.3 Å². The molecule has 0 heterocycles. The summed E-state index contributed by atoms with van der Waals surface area (Å²) in [5, 5.41) is 30.6. The fourth-order valence-electron chi connectivity index (χ4n) is 6.52. The van der Waals surface area contributed by atoms with Crippen LogP contribution < -0.4 is 0 Å². The number of ketones is 1. The lowest BCUT2D eigenvalue weighted by Crippen LogP contribution is -2.25. The van der Waals surface area contributed by atoms with E-state index in [2.05, 4.69) is 20.8 Å². The van der Waals surface area contributed by atoms with E-state index in [1.165, 1.54) is 57.8 Å². The number of ether oxygens (including phenoxy) is 2.